The van der Waals surface area contributed by atoms with Gasteiger partial charge in [0.05, 0.1) is 4.90 Å². The van der Waals surface area contributed by atoms with Crippen molar-refractivity contribution in [3.05, 3.63) is 24.3 Å². The first kappa shape index (κ1) is 19.5. The number of rotatable bonds is 4. The van der Waals surface area contributed by atoms with Crippen LogP contribution in [0.5, 0.6) is 0 Å². The molecule has 0 spiro atoms. The predicted octanol–water partition coefficient (Wildman–Crippen LogP) is 1.56. The van der Waals surface area contributed by atoms with Crippen LogP contribution in [0.25, 0.3) is 0 Å². The van der Waals surface area contributed by atoms with Gasteiger partial charge in [0.15, 0.2) is 0 Å². The molecular formula is C18H24N4O4S. The molecule has 2 aliphatic rings. The third-order valence-electron chi connectivity index (χ3n) is 4.75. The van der Waals surface area contributed by atoms with Crippen molar-refractivity contribution >= 4 is 33.2 Å². The summed E-state index contributed by atoms with van der Waals surface area (Å²) in [5.74, 6) is 0.0319. The zero-order chi connectivity index (χ0) is 19.6. The summed E-state index contributed by atoms with van der Waals surface area (Å²) in [6.07, 6.45) is 1.52. The molecule has 0 unspecified atom stereocenters. The molecule has 0 saturated carbocycles. The van der Waals surface area contributed by atoms with E-state index in [0.29, 0.717) is 30.6 Å². The molecule has 0 aromatic heterocycles. The van der Waals surface area contributed by atoms with Gasteiger partial charge in [-0.25, -0.2) is 13.8 Å². The number of benzene rings is 1. The second kappa shape index (κ2) is 7.77. The minimum absolute atomic E-state index is 0.212. The summed E-state index contributed by atoms with van der Waals surface area (Å²) >= 11 is 0. The van der Waals surface area contributed by atoms with Crippen LogP contribution < -0.4 is 10.7 Å². The number of hydrogen-bond donors (Lipinski definition) is 2. The molecule has 9 heteroatoms. The summed E-state index contributed by atoms with van der Waals surface area (Å²) in [4.78, 5) is 23.4. The fraction of sp³-hybridized carbons (Fsp3) is 0.500. The number of amides is 2. The van der Waals surface area contributed by atoms with Crippen LogP contribution in [0.2, 0.25) is 0 Å². The minimum atomic E-state index is -3.55. The van der Waals surface area contributed by atoms with Crippen molar-refractivity contribution in [3.8, 4) is 0 Å². The van der Waals surface area contributed by atoms with Crippen molar-refractivity contribution in [2.24, 2.45) is 16.9 Å². The molecule has 2 aliphatic heterocycles. The maximum Gasteiger partial charge on any atom is 0.271 e. The first-order valence-electron chi connectivity index (χ1n) is 9.02. The van der Waals surface area contributed by atoms with E-state index in [0.717, 1.165) is 6.42 Å². The second-order valence-electron chi connectivity index (χ2n) is 7.34. The zero-order valence-electron chi connectivity index (χ0n) is 15.4. The summed E-state index contributed by atoms with van der Waals surface area (Å²) in [7, 11) is -3.55. The number of hydrogen-bond acceptors (Lipinski definition) is 5. The molecule has 27 heavy (non-hydrogen) atoms. The van der Waals surface area contributed by atoms with Crippen LogP contribution in [-0.4, -0.2) is 43.3 Å². The molecule has 1 saturated heterocycles. The van der Waals surface area contributed by atoms with Crippen LogP contribution in [0.3, 0.4) is 0 Å². The van der Waals surface area contributed by atoms with E-state index >= 15 is 0 Å². The van der Waals surface area contributed by atoms with E-state index in [1.54, 1.807) is 16.4 Å². The van der Waals surface area contributed by atoms with Crippen LogP contribution in [0.4, 0.5) is 5.69 Å². The lowest BCUT2D eigenvalue weighted by molar-refractivity contribution is -0.121. The number of hydrazone groups is 1. The molecule has 0 aliphatic carbocycles. The van der Waals surface area contributed by atoms with Crippen molar-refractivity contribution in [1.29, 1.82) is 0 Å². The summed E-state index contributed by atoms with van der Waals surface area (Å²) in [5.41, 5.74) is 2.98. The van der Waals surface area contributed by atoms with E-state index in [9.17, 15) is 18.0 Å². The molecule has 0 bridgehead atoms. The molecule has 2 N–H and O–H groups in total. The number of carbonyl (C=O) groups is 2. The average molecular weight is 392 g/mol. The lowest BCUT2D eigenvalue weighted by atomic mass is 9.94. The molecule has 146 valence electrons. The molecular weight excluding hydrogens is 368 g/mol. The van der Waals surface area contributed by atoms with Gasteiger partial charge in [0, 0.05) is 31.6 Å². The highest BCUT2D eigenvalue weighted by Crippen LogP contribution is 2.27. The number of sulfonamides is 1. The van der Waals surface area contributed by atoms with Crippen molar-refractivity contribution < 1.29 is 18.0 Å². The Morgan fingerprint density at radius 2 is 1.78 bits per heavy atom. The molecule has 2 amide bonds. The highest BCUT2D eigenvalue weighted by atomic mass is 32.2. The molecule has 1 fully saturated rings. The van der Waals surface area contributed by atoms with Gasteiger partial charge in [-0.1, -0.05) is 13.8 Å². The molecule has 1 aromatic carbocycles. The van der Waals surface area contributed by atoms with Crippen LogP contribution in [0.1, 0.15) is 33.1 Å². The van der Waals surface area contributed by atoms with Crippen LogP contribution in [-0.2, 0) is 19.6 Å². The Balaban J connectivity index is 1.69. The smallest absolute Gasteiger partial charge is 0.271 e. The maximum absolute atomic E-state index is 12.9. The van der Waals surface area contributed by atoms with Crippen molar-refractivity contribution in [2.75, 3.05) is 18.4 Å². The lowest BCUT2D eigenvalue weighted by Crippen LogP contribution is -2.42. The second-order valence-corrected chi connectivity index (χ2v) is 9.28. The summed E-state index contributed by atoms with van der Waals surface area (Å²) < 4.78 is 27.3. The summed E-state index contributed by atoms with van der Waals surface area (Å²) in [6.45, 7) is 5.17. The topological polar surface area (TPSA) is 108 Å². The molecule has 1 aromatic rings. The molecule has 2 atom stereocenters. The first-order valence-corrected chi connectivity index (χ1v) is 10.5. The molecule has 0 radical (unpaired) electrons. The number of anilines is 1. The molecule has 2 heterocycles. The van der Waals surface area contributed by atoms with Crippen LogP contribution >= 0.6 is 0 Å². The predicted molar refractivity (Wildman–Crippen MR) is 102 cm³/mol. The Bertz CT molecular complexity index is 854. The summed E-state index contributed by atoms with van der Waals surface area (Å²) in [5, 5.41) is 6.41. The van der Waals surface area contributed by atoms with Gasteiger partial charge in [-0.3, -0.25) is 9.59 Å². The van der Waals surface area contributed by atoms with E-state index in [2.05, 4.69) is 29.7 Å². The highest BCUT2D eigenvalue weighted by Gasteiger charge is 2.31. The number of nitrogens with one attached hydrogen (secondary N) is 2. The van der Waals surface area contributed by atoms with E-state index in [1.165, 1.54) is 12.1 Å². The maximum atomic E-state index is 12.9. The van der Waals surface area contributed by atoms with Gasteiger partial charge in [-0.15, -0.1) is 0 Å². The van der Waals surface area contributed by atoms with Gasteiger partial charge < -0.3 is 5.32 Å². The Kier molecular flexibility index (Phi) is 5.61. The SMILES string of the molecule is C[C@@H]1C[C@@H](C)CN(S(=O)(=O)c2ccc(NC(=O)C3=NNC(=O)CC3)cc2)C1. The Labute approximate surface area is 159 Å². The monoisotopic (exact) mass is 392 g/mol. The lowest BCUT2D eigenvalue weighted by Gasteiger charge is -2.34. The van der Waals surface area contributed by atoms with Gasteiger partial charge in [0.2, 0.25) is 15.9 Å². The quantitative estimate of drug-likeness (QED) is 0.810. The van der Waals surface area contributed by atoms with E-state index in [-0.39, 0.29) is 29.4 Å². The van der Waals surface area contributed by atoms with Crippen molar-refractivity contribution in [1.82, 2.24) is 9.73 Å². The van der Waals surface area contributed by atoms with Crippen molar-refractivity contribution in [2.45, 2.75) is 38.0 Å². The van der Waals surface area contributed by atoms with Crippen molar-refractivity contribution in [3.63, 3.8) is 0 Å². The normalized spacial score (nSPS) is 24.1. The van der Waals surface area contributed by atoms with E-state index < -0.39 is 15.9 Å². The van der Waals surface area contributed by atoms with Gasteiger partial charge in [0.1, 0.15) is 5.71 Å². The third kappa shape index (κ3) is 4.54. The summed E-state index contributed by atoms with van der Waals surface area (Å²) in [6, 6.07) is 6.12. The third-order valence-corrected chi connectivity index (χ3v) is 6.60. The largest absolute Gasteiger partial charge is 0.321 e. The van der Waals surface area contributed by atoms with Gasteiger partial charge >= 0.3 is 0 Å². The molecule has 8 nitrogen and oxygen atoms in total. The number of nitrogens with zero attached hydrogens (tertiary/aromatic N) is 2. The number of piperidine rings is 1. The van der Waals surface area contributed by atoms with E-state index in [1.807, 2.05) is 0 Å². The molecule has 3 rings (SSSR count). The average Bonchev–Trinajstić information content (AvgIpc) is 2.62. The number of carbonyl (C=O) groups excluding carboxylic acids is 2. The fourth-order valence-electron chi connectivity index (χ4n) is 3.50. The van der Waals surface area contributed by atoms with Crippen LogP contribution in [0, 0.1) is 11.8 Å². The zero-order valence-corrected chi connectivity index (χ0v) is 16.3. The van der Waals surface area contributed by atoms with Gasteiger partial charge in [-0.05, 0) is 42.5 Å². The van der Waals surface area contributed by atoms with E-state index in [4.69, 9.17) is 0 Å². The van der Waals surface area contributed by atoms with Crippen LogP contribution in [0.15, 0.2) is 34.3 Å². The van der Waals surface area contributed by atoms with Gasteiger partial charge in [-0.2, -0.15) is 9.41 Å². The van der Waals surface area contributed by atoms with Gasteiger partial charge in [0.25, 0.3) is 5.91 Å². The standard InChI is InChI=1S/C18H24N4O4S/c1-12-9-13(2)11-22(10-12)27(25,26)15-5-3-14(4-6-15)19-18(24)16-7-8-17(23)21-20-16/h3-6,12-13H,7-11H2,1-2H3,(H,19,24)(H,21,23)/t12-,13-/m1/s1. The first-order chi connectivity index (χ1) is 12.8. The minimum Gasteiger partial charge on any atom is -0.321 e. The fourth-order valence-corrected chi connectivity index (χ4v) is 5.18. The Hall–Kier alpha value is -2.26. The Morgan fingerprint density at radius 3 is 2.33 bits per heavy atom. The Morgan fingerprint density at radius 1 is 1.15 bits per heavy atom. The highest BCUT2D eigenvalue weighted by molar-refractivity contribution is 7.89.